The molecule has 1 aliphatic heterocycles. The number of carbonyl (C=O) groups excluding carboxylic acids is 2. The molecule has 14 heteroatoms. The summed E-state index contributed by atoms with van der Waals surface area (Å²) in [5, 5.41) is 16.1. The number of ether oxygens (including phenoxy) is 2. The van der Waals surface area contributed by atoms with Gasteiger partial charge >= 0.3 is 23.8 Å². The van der Waals surface area contributed by atoms with E-state index in [2.05, 4.69) is 16.3 Å². The fraction of sp³-hybridized carbons (Fsp3) is 0.345. The Balaban J connectivity index is 1.96. The molecule has 43 heavy (non-hydrogen) atoms. The first-order valence-electron chi connectivity index (χ1n) is 13.2. The highest BCUT2D eigenvalue weighted by molar-refractivity contribution is 5.93. The number of aromatic nitrogens is 3. The van der Waals surface area contributed by atoms with Crippen LogP contribution in [0.3, 0.4) is 0 Å². The van der Waals surface area contributed by atoms with Gasteiger partial charge in [0.1, 0.15) is 12.6 Å². The number of nitrogens with one attached hydrogen (secondary N) is 1. The van der Waals surface area contributed by atoms with E-state index in [4.69, 9.17) is 9.47 Å². The van der Waals surface area contributed by atoms with Crippen LogP contribution in [-0.2, 0) is 31.8 Å². The predicted octanol–water partition coefficient (Wildman–Crippen LogP) is 3.79. The number of quaternary nitrogens is 1. The number of hydrogen-bond acceptors (Lipinski definition) is 8. The summed E-state index contributed by atoms with van der Waals surface area (Å²) < 4.78 is 52.3. The molecule has 1 N–H and O–H groups in total. The van der Waals surface area contributed by atoms with Crippen LogP contribution in [0.2, 0.25) is 0 Å². The number of methoxy groups -OCH3 is 1. The third kappa shape index (κ3) is 6.17. The zero-order valence-electron chi connectivity index (χ0n) is 24.2. The molecule has 1 atom stereocenters. The number of allylic oxidation sites excluding steroid dienone is 1. The van der Waals surface area contributed by atoms with E-state index in [0.29, 0.717) is 16.7 Å². The molecule has 1 aliphatic rings. The van der Waals surface area contributed by atoms with Crippen molar-refractivity contribution in [2.24, 2.45) is 0 Å². The summed E-state index contributed by atoms with van der Waals surface area (Å²) >= 11 is 0. The first-order valence-corrected chi connectivity index (χ1v) is 13.2. The lowest BCUT2D eigenvalue weighted by Gasteiger charge is -2.37. The smallest absolute Gasteiger partial charge is 0.416 e. The molecule has 0 spiro atoms. The number of benzene rings is 2. The van der Waals surface area contributed by atoms with Crippen LogP contribution in [-0.4, -0.2) is 65.5 Å². The van der Waals surface area contributed by atoms with Crippen molar-refractivity contribution in [2.75, 3.05) is 39.3 Å². The maximum absolute atomic E-state index is 13.6. The van der Waals surface area contributed by atoms with E-state index >= 15 is 0 Å². The van der Waals surface area contributed by atoms with Crippen LogP contribution >= 0.6 is 0 Å². The number of likely N-dealkylation sites (N-methyl/N-ethyl adjacent to an activating group) is 1. The van der Waals surface area contributed by atoms with Crippen molar-refractivity contribution in [3.8, 4) is 6.07 Å². The van der Waals surface area contributed by atoms with Gasteiger partial charge in [-0.25, -0.2) is 24.0 Å². The Morgan fingerprint density at radius 1 is 1.19 bits per heavy atom. The number of fused-ring (bicyclic) bond motifs is 1. The highest BCUT2D eigenvalue weighted by Crippen LogP contribution is 2.43. The van der Waals surface area contributed by atoms with Gasteiger partial charge in [-0.15, -0.1) is 5.10 Å². The maximum Gasteiger partial charge on any atom is 0.416 e. The molecule has 2 aromatic carbocycles. The van der Waals surface area contributed by atoms with Gasteiger partial charge in [0.15, 0.2) is 6.54 Å². The highest BCUT2D eigenvalue weighted by atomic mass is 19.4. The van der Waals surface area contributed by atoms with Gasteiger partial charge in [0.05, 0.1) is 50.6 Å². The van der Waals surface area contributed by atoms with Gasteiger partial charge in [-0.05, 0) is 49.7 Å². The van der Waals surface area contributed by atoms with E-state index in [-0.39, 0.29) is 47.1 Å². The topological polar surface area (TPSA) is 130 Å². The van der Waals surface area contributed by atoms with Crippen molar-refractivity contribution in [1.29, 1.82) is 5.26 Å². The molecule has 3 aromatic rings. The first kappa shape index (κ1) is 31.0. The van der Waals surface area contributed by atoms with Crippen LogP contribution in [0.4, 0.5) is 24.8 Å². The Labute approximate surface area is 244 Å². The van der Waals surface area contributed by atoms with E-state index in [1.807, 2.05) is 0 Å². The van der Waals surface area contributed by atoms with Crippen molar-refractivity contribution < 1.29 is 36.7 Å². The number of halogens is 3. The van der Waals surface area contributed by atoms with Crippen molar-refractivity contribution >= 4 is 23.6 Å². The predicted molar refractivity (Wildman–Crippen MR) is 148 cm³/mol. The molecular weight excluding hydrogens is 569 g/mol. The fourth-order valence-electron chi connectivity index (χ4n) is 5.23. The lowest BCUT2D eigenvalue weighted by molar-refractivity contribution is -0.896. The molecule has 11 nitrogen and oxygen atoms in total. The lowest BCUT2D eigenvalue weighted by atomic mass is 9.89. The number of anilines is 2. The van der Waals surface area contributed by atoms with Crippen LogP contribution in [0.5, 0.6) is 0 Å². The Kier molecular flexibility index (Phi) is 8.50. The van der Waals surface area contributed by atoms with Gasteiger partial charge in [0.2, 0.25) is 5.95 Å². The van der Waals surface area contributed by atoms with Crippen molar-refractivity contribution in [3.05, 3.63) is 86.5 Å². The number of hydrogen-bond donors (Lipinski definition) is 1. The first-order chi connectivity index (χ1) is 20.2. The quantitative estimate of drug-likeness (QED) is 0.306. The van der Waals surface area contributed by atoms with Crippen LogP contribution in [0, 0.1) is 11.3 Å². The molecule has 0 fully saturated rings. The molecule has 226 valence electrons. The van der Waals surface area contributed by atoms with Crippen LogP contribution in [0.15, 0.2) is 58.5 Å². The maximum atomic E-state index is 13.6. The van der Waals surface area contributed by atoms with E-state index < -0.39 is 35.4 Å². The summed E-state index contributed by atoms with van der Waals surface area (Å²) in [6, 6.07) is 10.1. The molecule has 0 amide bonds. The Morgan fingerprint density at radius 2 is 1.91 bits per heavy atom. The molecule has 0 aliphatic carbocycles. The average molecular weight is 600 g/mol. The fourth-order valence-corrected chi connectivity index (χ4v) is 5.23. The molecule has 2 heterocycles. The standard InChI is InChI=1S/C29H29F3N6O5/c1-6-43-23(39)16-38(3,4)15-19-12-18(14-33)10-11-22(19)25-24(26(40)42-5)17(2)36(27-34-35-28(41)37(25)27)21-9-7-8-20(13-21)29(30,31)32/h7-13,25H,6,15-16H2,1-5H3/p+1. The third-order valence-corrected chi connectivity index (χ3v) is 7.01. The van der Waals surface area contributed by atoms with Crippen molar-refractivity contribution in [3.63, 3.8) is 0 Å². The molecule has 0 saturated carbocycles. The monoisotopic (exact) mass is 599 g/mol. The molecular formula is C29H30F3N6O5+. The molecule has 0 radical (unpaired) electrons. The summed E-state index contributed by atoms with van der Waals surface area (Å²) in [7, 11) is 4.72. The van der Waals surface area contributed by atoms with Gasteiger partial charge < -0.3 is 14.0 Å². The van der Waals surface area contributed by atoms with Crippen LogP contribution < -0.4 is 10.6 Å². The number of H-pyrrole nitrogens is 1. The Hall–Kier alpha value is -4.90. The van der Waals surface area contributed by atoms with Crippen LogP contribution in [0.25, 0.3) is 0 Å². The Bertz CT molecular complexity index is 1700. The van der Waals surface area contributed by atoms with Crippen LogP contribution in [0.1, 0.15) is 42.1 Å². The van der Waals surface area contributed by atoms with Gasteiger partial charge in [-0.3, -0.25) is 4.90 Å². The molecule has 0 saturated heterocycles. The van der Waals surface area contributed by atoms with E-state index in [1.54, 1.807) is 33.2 Å². The zero-order valence-corrected chi connectivity index (χ0v) is 24.2. The number of carbonyl (C=O) groups is 2. The number of nitrogens with zero attached hydrogens (tertiary/aromatic N) is 5. The molecule has 1 aromatic heterocycles. The summed E-state index contributed by atoms with van der Waals surface area (Å²) in [5.74, 6) is -1.32. The number of esters is 2. The van der Waals surface area contributed by atoms with Crippen molar-refractivity contribution in [2.45, 2.75) is 32.6 Å². The largest absolute Gasteiger partial charge is 0.466 e. The summed E-state index contributed by atoms with van der Waals surface area (Å²) in [6.07, 6.45) is -4.64. The SMILES string of the molecule is CCOC(=O)C[N+](C)(C)Cc1cc(C#N)ccc1C1C(C(=O)OC)=C(C)N(c2cccc(C(F)(F)F)c2)c2n[nH]c(=O)n21. The van der Waals surface area contributed by atoms with Gasteiger partial charge in [0, 0.05) is 16.9 Å². The van der Waals surface area contributed by atoms with Crippen molar-refractivity contribution in [1.82, 2.24) is 14.8 Å². The zero-order chi connectivity index (χ0) is 31.7. The summed E-state index contributed by atoms with van der Waals surface area (Å²) in [6.45, 7) is 3.60. The Morgan fingerprint density at radius 3 is 2.53 bits per heavy atom. The summed E-state index contributed by atoms with van der Waals surface area (Å²) in [4.78, 5) is 40.3. The molecule has 4 rings (SSSR count). The summed E-state index contributed by atoms with van der Waals surface area (Å²) in [5.41, 5.74) is -0.227. The second-order valence-corrected chi connectivity index (χ2v) is 10.6. The van der Waals surface area contributed by atoms with Gasteiger partial charge in [-0.2, -0.15) is 18.4 Å². The molecule has 0 bridgehead atoms. The highest BCUT2D eigenvalue weighted by Gasteiger charge is 2.41. The average Bonchev–Trinajstić information content (AvgIpc) is 3.31. The minimum absolute atomic E-state index is 0.00626. The minimum Gasteiger partial charge on any atom is -0.466 e. The second-order valence-electron chi connectivity index (χ2n) is 10.6. The number of aromatic amines is 1. The second kappa shape index (κ2) is 11.8. The van der Waals surface area contributed by atoms with E-state index in [9.17, 15) is 32.8 Å². The van der Waals surface area contributed by atoms with Gasteiger partial charge in [-0.1, -0.05) is 12.1 Å². The lowest BCUT2D eigenvalue weighted by Crippen LogP contribution is -2.44. The number of nitriles is 1. The van der Waals surface area contributed by atoms with E-state index in [0.717, 1.165) is 23.8 Å². The van der Waals surface area contributed by atoms with E-state index in [1.165, 1.54) is 30.0 Å². The third-order valence-electron chi connectivity index (χ3n) is 7.01. The normalized spacial score (nSPS) is 15.1. The number of alkyl halides is 3. The minimum atomic E-state index is -4.64. The number of rotatable bonds is 8. The van der Waals surface area contributed by atoms with Gasteiger partial charge in [0.25, 0.3) is 0 Å². The molecule has 1 unspecified atom stereocenters.